The van der Waals surface area contributed by atoms with Crippen LogP contribution in [0.5, 0.6) is 0 Å². The molecule has 0 saturated heterocycles. The van der Waals surface area contributed by atoms with Gasteiger partial charge in [0.05, 0.1) is 11.9 Å². The van der Waals surface area contributed by atoms with Crippen LogP contribution in [0.3, 0.4) is 0 Å². The molecule has 2 nitrogen and oxygen atoms in total. The van der Waals surface area contributed by atoms with E-state index in [9.17, 15) is 4.48 Å². The van der Waals surface area contributed by atoms with E-state index in [1.54, 1.807) is 0 Å². The Balaban J connectivity index is 2.84. The highest BCUT2D eigenvalue weighted by molar-refractivity contribution is 4.93. The predicted octanol–water partition coefficient (Wildman–Crippen LogP) is 1.18. The van der Waals surface area contributed by atoms with Crippen molar-refractivity contribution in [2.24, 2.45) is 0 Å². The summed E-state index contributed by atoms with van der Waals surface area (Å²) in [6.07, 6.45) is 3.30. The third-order valence-electron chi connectivity index (χ3n) is 0.968. The molecule has 3 heteroatoms. The Labute approximate surface area is 46.9 Å². The molecule has 0 aliphatic heterocycles. The molecular weight excluding hydrogens is 107 g/mol. The largest absolute Gasteiger partial charge is 0.239 e. The van der Waals surface area contributed by atoms with Gasteiger partial charge in [-0.1, -0.05) is 11.4 Å². The molecule has 0 saturated carbocycles. The summed E-state index contributed by atoms with van der Waals surface area (Å²) < 4.78 is 12.0. The van der Waals surface area contributed by atoms with Crippen LogP contribution in [0.15, 0.2) is 12.5 Å². The molecule has 1 aromatic heterocycles. The molecule has 0 fully saturated rings. The highest BCUT2D eigenvalue weighted by Gasteiger charge is 1.90. The van der Waals surface area contributed by atoms with Crippen LogP contribution in [0, 0.1) is 0 Å². The van der Waals surface area contributed by atoms with E-state index in [0.29, 0.717) is 4.79 Å². The molecule has 1 heterocycles. The first-order valence-corrected chi connectivity index (χ1v) is 2.52. The van der Waals surface area contributed by atoms with Gasteiger partial charge in [-0.15, -0.1) is 0 Å². The van der Waals surface area contributed by atoms with Gasteiger partial charge in [-0.05, 0) is 6.42 Å². The van der Waals surface area contributed by atoms with Crippen LogP contribution in [-0.2, 0) is 6.42 Å². The molecule has 0 aliphatic rings. The van der Waals surface area contributed by atoms with E-state index in [1.165, 1.54) is 6.20 Å². The number of hydrogen-bond donors (Lipinski definition) is 0. The Hall–Kier alpha value is -0.860. The molecule has 0 amide bonds. The summed E-state index contributed by atoms with van der Waals surface area (Å²) >= 11 is 0. The van der Waals surface area contributed by atoms with Gasteiger partial charge in [-0.3, -0.25) is 0 Å². The predicted molar refractivity (Wildman–Crippen MR) is 28.1 cm³/mol. The lowest BCUT2D eigenvalue weighted by molar-refractivity contribution is 0.368. The molecule has 0 N–H and O–H groups in total. The Morgan fingerprint density at radius 1 is 1.88 bits per heavy atom. The lowest BCUT2D eigenvalue weighted by atomic mass is 10.4. The number of rotatable bonds is 1. The van der Waals surface area contributed by atoms with Gasteiger partial charge in [-0.2, -0.15) is 4.79 Å². The first-order chi connectivity index (χ1) is 3.83. The lowest BCUT2D eigenvalue weighted by Crippen LogP contribution is -1.74. The van der Waals surface area contributed by atoms with Crippen molar-refractivity contribution in [1.82, 2.24) is 9.77 Å². The Morgan fingerprint density at radius 2 is 2.62 bits per heavy atom. The maximum atomic E-state index is 12.0. The second kappa shape index (κ2) is 1.94. The molecule has 0 bridgehead atoms. The normalized spacial score (nSPS) is 9.75. The second-order valence-electron chi connectivity index (χ2n) is 1.56. The average molecular weight is 114 g/mol. The number of hydrogen-bond acceptors (Lipinski definition) is 1. The fraction of sp³-hybridized carbons (Fsp3) is 0.400. The summed E-state index contributed by atoms with van der Waals surface area (Å²) in [5.74, 6) is 0. The lowest BCUT2D eigenvalue weighted by Gasteiger charge is -1.78. The van der Waals surface area contributed by atoms with Gasteiger partial charge in [0.15, 0.2) is 0 Å². The third-order valence-corrected chi connectivity index (χ3v) is 0.968. The summed E-state index contributed by atoms with van der Waals surface area (Å²) in [5.41, 5.74) is 0.785. The van der Waals surface area contributed by atoms with Crippen molar-refractivity contribution in [1.29, 1.82) is 0 Å². The van der Waals surface area contributed by atoms with Gasteiger partial charge in [-0.25, -0.2) is 4.98 Å². The van der Waals surface area contributed by atoms with Gasteiger partial charge in [0.1, 0.15) is 6.33 Å². The third kappa shape index (κ3) is 0.857. The molecule has 44 valence electrons. The SMILES string of the molecule is CCc1cn(F)cn1. The molecule has 0 atom stereocenters. The minimum atomic E-state index is 0.457. The Kier molecular flexibility index (Phi) is 1.28. The van der Waals surface area contributed by atoms with E-state index < -0.39 is 0 Å². The summed E-state index contributed by atoms with van der Waals surface area (Å²) in [5, 5.41) is 0. The summed E-state index contributed by atoms with van der Waals surface area (Å²) in [6.45, 7) is 1.93. The quantitative estimate of drug-likeness (QED) is 0.536. The standard InChI is InChI=1S/C5H7FN2/c1-2-5-3-8(6)4-7-5/h3-4H,2H2,1H3. The Morgan fingerprint density at radius 3 is 2.88 bits per heavy atom. The van der Waals surface area contributed by atoms with E-state index in [1.807, 2.05) is 6.92 Å². The average Bonchev–Trinajstić information content (AvgIpc) is 2.14. The van der Waals surface area contributed by atoms with Crippen molar-refractivity contribution in [2.75, 3.05) is 0 Å². The molecule has 1 rings (SSSR count). The van der Waals surface area contributed by atoms with Gasteiger partial charge in [0, 0.05) is 0 Å². The van der Waals surface area contributed by atoms with Gasteiger partial charge >= 0.3 is 0 Å². The van der Waals surface area contributed by atoms with E-state index >= 15 is 0 Å². The van der Waals surface area contributed by atoms with Gasteiger partial charge < -0.3 is 0 Å². The molecule has 1 aromatic rings. The fourth-order valence-electron chi connectivity index (χ4n) is 0.521. The number of nitrogens with zero attached hydrogens (tertiary/aromatic N) is 2. The van der Waals surface area contributed by atoms with Crippen LogP contribution in [0.25, 0.3) is 0 Å². The van der Waals surface area contributed by atoms with E-state index in [-0.39, 0.29) is 0 Å². The zero-order valence-electron chi connectivity index (χ0n) is 4.63. The highest BCUT2D eigenvalue weighted by Crippen LogP contribution is 1.94. The Bertz CT molecular complexity index is 171. The minimum absolute atomic E-state index is 0.457. The van der Waals surface area contributed by atoms with Crippen LogP contribution >= 0.6 is 0 Å². The van der Waals surface area contributed by atoms with Crippen LogP contribution < -0.4 is 0 Å². The second-order valence-corrected chi connectivity index (χ2v) is 1.56. The molecule has 0 radical (unpaired) electrons. The van der Waals surface area contributed by atoms with Crippen molar-refractivity contribution >= 4 is 0 Å². The van der Waals surface area contributed by atoms with Crippen molar-refractivity contribution in [2.45, 2.75) is 13.3 Å². The minimum Gasteiger partial charge on any atom is -0.239 e. The van der Waals surface area contributed by atoms with Crippen molar-refractivity contribution < 1.29 is 4.48 Å². The zero-order chi connectivity index (χ0) is 5.98. The summed E-state index contributed by atoms with van der Waals surface area (Å²) in [6, 6.07) is 0. The van der Waals surface area contributed by atoms with Crippen molar-refractivity contribution in [3.05, 3.63) is 18.2 Å². The van der Waals surface area contributed by atoms with Crippen LogP contribution in [0.1, 0.15) is 12.6 Å². The van der Waals surface area contributed by atoms with E-state index in [4.69, 9.17) is 0 Å². The molecular formula is C5H7FN2. The maximum absolute atomic E-state index is 12.0. The monoisotopic (exact) mass is 114 g/mol. The summed E-state index contributed by atoms with van der Waals surface area (Å²) in [4.78, 5) is 4.18. The number of imidazole rings is 1. The fourth-order valence-corrected chi connectivity index (χ4v) is 0.521. The van der Waals surface area contributed by atoms with E-state index in [2.05, 4.69) is 4.98 Å². The summed E-state index contributed by atoms with van der Waals surface area (Å²) in [7, 11) is 0. The van der Waals surface area contributed by atoms with Crippen LogP contribution in [0.2, 0.25) is 0 Å². The number of halogens is 1. The van der Waals surface area contributed by atoms with Crippen LogP contribution in [-0.4, -0.2) is 9.77 Å². The molecule has 0 spiro atoms. The van der Waals surface area contributed by atoms with E-state index in [0.717, 1.165) is 18.4 Å². The molecule has 0 aromatic carbocycles. The highest BCUT2D eigenvalue weighted by atomic mass is 19.2. The van der Waals surface area contributed by atoms with Crippen molar-refractivity contribution in [3.8, 4) is 0 Å². The topological polar surface area (TPSA) is 17.8 Å². The zero-order valence-corrected chi connectivity index (χ0v) is 4.63. The molecule has 0 unspecified atom stereocenters. The van der Waals surface area contributed by atoms with Crippen LogP contribution in [0.4, 0.5) is 4.48 Å². The molecule has 8 heavy (non-hydrogen) atoms. The first-order valence-electron chi connectivity index (χ1n) is 2.52. The number of aryl methyl sites for hydroxylation is 1. The smallest absolute Gasteiger partial charge is 0.126 e. The first kappa shape index (κ1) is 5.28. The van der Waals surface area contributed by atoms with Crippen molar-refractivity contribution in [3.63, 3.8) is 0 Å². The number of aromatic nitrogens is 2. The maximum Gasteiger partial charge on any atom is 0.126 e. The van der Waals surface area contributed by atoms with Gasteiger partial charge in [0.25, 0.3) is 0 Å². The molecule has 0 aliphatic carbocycles. The van der Waals surface area contributed by atoms with Gasteiger partial charge in [0.2, 0.25) is 0 Å².